The Balaban J connectivity index is 2.45. The highest BCUT2D eigenvalue weighted by Crippen LogP contribution is 2.49. The molecule has 0 amide bonds. The second-order valence-electron chi connectivity index (χ2n) is 5.43. The molecule has 0 unspecified atom stereocenters. The van der Waals surface area contributed by atoms with Crippen LogP contribution in [0.15, 0.2) is 0 Å². The van der Waals surface area contributed by atoms with Gasteiger partial charge in [0, 0.05) is 12.3 Å². The number of rotatable bonds is 5. The van der Waals surface area contributed by atoms with Crippen LogP contribution < -0.4 is 0 Å². The van der Waals surface area contributed by atoms with Gasteiger partial charge in [0.05, 0.1) is 34.9 Å². The molecule has 4 atom stereocenters. The van der Waals surface area contributed by atoms with E-state index in [1.807, 2.05) is 0 Å². The van der Waals surface area contributed by atoms with Gasteiger partial charge in [-0.15, -0.1) is 0 Å². The Kier molecular flexibility index (Phi) is 5.60. The average Bonchev–Trinajstić information content (AvgIpc) is 3.14. The molecule has 0 spiro atoms. The second kappa shape index (κ2) is 7.33. The molecule has 2 fully saturated rings. The van der Waals surface area contributed by atoms with Crippen LogP contribution in [0.25, 0.3) is 0 Å². The fraction of sp³-hybridized carbons (Fsp3) is 0.714. The van der Waals surface area contributed by atoms with Gasteiger partial charge < -0.3 is 18.9 Å². The SMILES string of the molecule is COC(=O)C[C@@H]1[C@H](C(=O)OC)ON2O[C@@H](C(=O)OC)C[C@]12C(=O)OC. The van der Waals surface area contributed by atoms with E-state index in [0.717, 1.165) is 33.7 Å². The molecule has 0 saturated carbocycles. The largest absolute Gasteiger partial charge is 0.469 e. The molecule has 2 aliphatic rings. The van der Waals surface area contributed by atoms with Crippen molar-refractivity contribution in [3.8, 4) is 0 Å². The van der Waals surface area contributed by atoms with Gasteiger partial charge in [0.25, 0.3) is 0 Å². The molecule has 0 radical (unpaired) electrons. The van der Waals surface area contributed by atoms with E-state index in [9.17, 15) is 19.2 Å². The Bertz CT molecular complexity index is 578. The summed E-state index contributed by atoms with van der Waals surface area (Å²) in [6.45, 7) is 0. The summed E-state index contributed by atoms with van der Waals surface area (Å²) in [5, 5.41) is 0.732. The van der Waals surface area contributed by atoms with E-state index in [0.29, 0.717) is 0 Å². The van der Waals surface area contributed by atoms with Crippen LogP contribution in [-0.4, -0.2) is 75.3 Å². The van der Waals surface area contributed by atoms with Crippen molar-refractivity contribution in [1.29, 1.82) is 0 Å². The van der Waals surface area contributed by atoms with Crippen molar-refractivity contribution in [2.75, 3.05) is 28.4 Å². The van der Waals surface area contributed by atoms with E-state index < -0.39 is 47.5 Å². The number of hydrogen-bond donors (Lipinski definition) is 0. The Morgan fingerprint density at radius 2 is 1.60 bits per heavy atom. The molecule has 140 valence electrons. The molecule has 0 aliphatic carbocycles. The molecule has 2 heterocycles. The Labute approximate surface area is 142 Å². The summed E-state index contributed by atoms with van der Waals surface area (Å²) in [5.74, 6) is -4.14. The molecule has 0 bridgehead atoms. The van der Waals surface area contributed by atoms with Crippen molar-refractivity contribution >= 4 is 23.9 Å². The first kappa shape index (κ1) is 19.1. The van der Waals surface area contributed by atoms with Crippen molar-refractivity contribution in [2.45, 2.75) is 30.6 Å². The summed E-state index contributed by atoms with van der Waals surface area (Å²) in [6, 6.07) is 0. The predicted octanol–water partition coefficient (Wildman–Crippen LogP) is -1.26. The van der Waals surface area contributed by atoms with E-state index in [1.54, 1.807) is 0 Å². The van der Waals surface area contributed by atoms with Crippen LogP contribution in [0.4, 0.5) is 0 Å². The van der Waals surface area contributed by atoms with E-state index in [-0.39, 0.29) is 12.8 Å². The lowest BCUT2D eigenvalue weighted by atomic mass is 9.76. The average molecular weight is 361 g/mol. The fourth-order valence-electron chi connectivity index (χ4n) is 3.04. The van der Waals surface area contributed by atoms with E-state index >= 15 is 0 Å². The highest BCUT2D eigenvalue weighted by atomic mass is 17.0. The van der Waals surface area contributed by atoms with Gasteiger partial charge in [-0.3, -0.25) is 14.5 Å². The van der Waals surface area contributed by atoms with Gasteiger partial charge in [-0.05, 0) is 5.23 Å². The van der Waals surface area contributed by atoms with Crippen molar-refractivity contribution in [3.63, 3.8) is 0 Å². The number of hydrogen-bond acceptors (Lipinski definition) is 11. The van der Waals surface area contributed by atoms with Gasteiger partial charge in [0.15, 0.2) is 17.7 Å². The topological polar surface area (TPSA) is 127 Å². The lowest BCUT2D eigenvalue weighted by Gasteiger charge is -2.29. The molecule has 0 aromatic rings. The quantitative estimate of drug-likeness (QED) is 0.430. The van der Waals surface area contributed by atoms with E-state index in [2.05, 4.69) is 14.2 Å². The molecule has 11 nitrogen and oxygen atoms in total. The van der Waals surface area contributed by atoms with Crippen molar-refractivity contribution in [3.05, 3.63) is 0 Å². The highest BCUT2D eigenvalue weighted by molar-refractivity contribution is 5.88. The Hall–Kier alpha value is -2.24. The zero-order valence-electron chi connectivity index (χ0n) is 14.2. The van der Waals surface area contributed by atoms with Gasteiger partial charge in [0.2, 0.25) is 0 Å². The first-order chi connectivity index (χ1) is 11.8. The molecule has 0 aromatic heterocycles. The molecular weight excluding hydrogens is 342 g/mol. The Morgan fingerprint density at radius 1 is 0.960 bits per heavy atom. The summed E-state index contributed by atoms with van der Waals surface area (Å²) in [6.07, 6.45) is -3.08. The molecule has 0 N–H and O–H groups in total. The lowest BCUT2D eigenvalue weighted by molar-refractivity contribution is -0.362. The molecule has 2 saturated heterocycles. The first-order valence-electron chi connectivity index (χ1n) is 7.30. The number of ether oxygens (including phenoxy) is 4. The van der Waals surface area contributed by atoms with Crippen LogP contribution >= 0.6 is 0 Å². The smallest absolute Gasteiger partial charge is 0.337 e. The van der Waals surface area contributed by atoms with Gasteiger partial charge >= 0.3 is 23.9 Å². The fourth-order valence-corrected chi connectivity index (χ4v) is 3.04. The number of esters is 4. The molecule has 2 rings (SSSR count). The molecular formula is C14H19NO10. The number of hydroxylamine groups is 2. The Morgan fingerprint density at radius 3 is 2.12 bits per heavy atom. The summed E-state index contributed by atoms with van der Waals surface area (Å²) in [4.78, 5) is 58.8. The third-order valence-electron chi connectivity index (χ3n) is 4.28. The van der Waals surface area contributed by atoms with Gasteiger partial charge in [-0.25, -0.2) is 14.4 Å². The van der Waals surface area contributed by atoms with E-state index in [4.69, 9.17) is 14.4 Å². The van der Waals surface area contributed by atoms with Gasteiger partial charge in [-0.2, -0.15) is 0 Å². The normalized spacial score (nSPS) is 31.1. The number of fused-ring (bicyclic) bond motifs is 1. The maximum Gasteiger partial charge on any atom is 0.337 e. The maximum absolute atomic E-state index is 12.5. The van der Waals surface area contributed by atoms with Crippen molar-refractivity contribution < 1.29 is 47.8 Å². The van der Waals surface area contributed by atoms with Crippen LogP contribution in [0, 0.1) is 5.92 Å². The monoisotopic (exact) mass is 361 g/mol. The van der Waals surface area contributed by atoms with Crippen LogP contribution in [0.5, 0.6) is 0 Å². The summed E-state index contributed by atoms with van der Waals surface area (Å²) in [5.41, 5.74) is -1.71. The molecule has 25 heavy (non-hydrogen) atoms. The third kappa shape index (κ3) is 3.05. The van der Waals surface area contributed by atoms with Crippen LogP contribution in [0.3, 0.4) is 0 Å². The summed E-state index contributed by atoms with van der Waals surface area (Å²) in [7, 11) is 4.58. The van der Waals surface area contributed by atoms with Crippen LogP contribution in [-0.2, 0) is 47.8 Å². The van der Waals surface area contributed by atoms with Crippen molar-refractivity contribution in [1.82, 2.24) is 5.23 Å². The number of carbonyl (C=O) groups excluding carboxylic acids is 4. The number of methoxy groups -OCH3 is 4. The summed E-state index contributed by atoms with van der Waals surface area (Å²) >= 11 is 0. The zero-order valence-corrected chi connectivity index (χ0v) is 14.2. The van der Waals surface area contributed by atoms with Gasteiger partial charge in [0.1, 0.15) is 0 Å². The van der Waals surface area contributed by atoms with Crippen LogP contribution in [0.1, 0.15) is 12.8 Å². The standard InChI is InChI=1S/C14H19NO10/c1-20-9(16)5-7-10(12(18)22-3)25-15-14(7,13(19)23-4)6-8(24-15)11(17)21-2/h7-8,10H,5-6H2,1-4H3/t7-,8-,10-,14-/m1/s1. The molecule has 2 aliphatic heterocycles. The molecule has 11 heteroatoms. The minimum absolute atomic E-state index is 0.235. The van der Waals surface area contributed by atoms with Crippen LogP contribution in [0.2, 0.25) is 0 Å². The third-order valence-corrected chi connectivity index (χ3v) is 4.28. The van der Waals surface area contributed by atoms with Gasteiger partial charge in [-0.1, -0.05) is 0 Å². The maximum atomic E-state index is 12.5. The molecule has 0 aromatic carbocycles. The second-order valence-corrected chi connectivity index (χ2v) is 5.43. The van der Waals surface area contributed by atoms with Crippen molar-refractivity contribution in [2.24, 2.45) is 5.92 Å². The number of carbonyl (C=O) groups is 4. The summed E-state index contributed by atoms with van der Waals surface area (Å²) < 4.78 is 18.7. The van der Waals surface area contributed by atoms with E-state index in [1.165, 1.54) is 0 Å². The number of nitrogens with zero attached hydrogens (tertiary/aromatic N) is 1. The zero-order chi connectivity index (χ0) is 18.8. The predicted molar refractivity (Wildman–Crippen MR) is 75.1 cm³/mol. The highest BCUT2D eigenvalue weighted by Gasteiger charge is 2.70. The minimum Gasteiger partial charge on any atom is -0.469 e. The lowest BCUT2D eigenvalue weighted by Crippen LogP contribution is -2.52. The minimum atomic E-state index is -1.71. The first-order valence-corrected chi connectivity index (χ1v) is 7.30.